The van der Waals surface area contributed by atoms with Crippen molar-refractivity contribution in [2.24, 2.45) is 0 Å². The summed E-state index contributed by atoms with van der Waals surface area (Å²) >= 11 is 7.01. The highest BCUT2D eigenvalue weighted by Gasteiger charge is 2.23. The molecule has 6 nitrogen and oxygen atoms in total. The SMILES string of the molecule is Nc1c([N+](=O)[O-])ccc(F)c1C(=O)NCc1ccc(Cl)s1. The molecule has 0 aliphatic carbocycles. The Morgan fingerprint density at radius 3 is 2.71 bits per heavy atom. The van der Waals surface area contributed by atoms with Crippen LogP contribution in [0, 0.1) is 15.9 Å². The van der Waals surface area contributed by atoms with E-state index in [4.69, 9.17) is 17.3 Å². The third kappa shape index (κ3) is 3.29. The number of nitro benzene ring substituents is 1. The van der Waals surface area contributed by atoms with Crippen LogP contribution in [0.4, 0.5) is 15.8 Å². The number of thiophene rings is 1. The van der Waals surface area contributed by atoms with Crippen molar-refractivity contribution >= 4 is 40.2 Å². The molecule has 0 saturated heterocycles. The minimum absolute atomic E-state index is 0.123. The minimum Gasteiger partial charge on any atom is -0.392 e. The van der Waals surface area contributed by atoms with Crippen LogP contribution in [0.15, 0.2) is 24.3 Å². The zero-order chi connectivity index (χ0) is 15.6. The molecule has 2 rings (SSSR count). The number of anilines is 1. The number of carbonyl (C=O) groups excluding carboxylic acids is 1. The summed E-state index contributed by atoms with van der Waals surface area (Å²) in [6.45, 7) is 0.123. The average molecular weight is 330 g/mol. The first-order chi connectivity index (χ1) is 9.90. The normalized spacial score (nSPS) is 10.4. The van der Waals surface area contributed by atoms with Gasteiger partial charge in [-0.1, -0.05) is 11.6 Å². The van der Waals surface area contributed by atoms with Gasteiger partial charge in [0.25, 0.3) is 11.6 Å². The maximum atomic E-state index is 13.7. The lowest BCUT2D eigenvalue weighted by Crippen LogP contribution is -2.25. The third-order valence-electron chi connectivity index (χ3n) is 2.65. The fraction of sp³-hybridized carbons (Fsp3) is 0.0833. The standard InChI is InChI=1S/C12H9ClFN3O3S/c13-9-4-1-6(21-9)5-16-12(18)10-7(14)2-3-8(11(10)15)17(19)20/h1-4H,5,15H2,(H,16,18). The number of halogens is 2. The number of rotatable bonds is 4. The minimum atomic E-state index is -0.917. The van der Waals surface area contributed by atoms with Crippen LogP contribution < -0.4 is 11.1 Å². The Morgan fingerprint density at radius 2 is 2.14 bits per heavy atom. The summed E-state index contributed by atoms with van der Waals surface area (Å²) in [7, 11) is 0. The van der Waals surface area contributed by atoms with Gasteiger partial charge in [0.15, 0.2) is 0 Å². The summed E-state index contributed by atoms with van der Waals surface area (Å²) in [5.74, 6) is -1.74. The summed E-state index contributed by atoms with van der Waals surface area (Å²) in [5.41, 5.74) is 3.95. The first kappa shape index (κ1) is 15.2. The van der Waals surface area contributed by atoms with Crippen molar-refractivity contribution in [3.05, 3.63) is 55.0 Å². The van der Waals surface area contributed by atoms with Crippen LogP contribution in [-0.2, 0) is 6.54 Å². The molecule has 2 aromatic rings. The molecular formula is C12H9ClFN3O3S. The third-order valence-corrected chi connectivity index (χ3v) is 3.88. The second kappa shape index (κ2) is 6.06. The number of hydrogen-bond acceptors (Lipinski definition) is 5. The predicted molar refractivity (Wildman–Crippen MR) is 78.0 cm³/mol. The van der Waals surface area contributed by atoms with E-state index in [2.05, 4.69) is 5.32 Å². The molecule has 1 amide bonds. The molecule has 0 radical (unpaired) electrons. The lowest BCUT2D eigenvalue weighted by molar-refractivity contribution is -0.384. The quantitative estimate of drug-likeness (QED) is 0.512. The molecule has 0 atom stereocenters. The van der Waals surface area contributed by atoms with E-state index in [9.17, 15) is 19.3 Å². The van der Waals surface area contributed by atoms with E-state index < -0.39 is 33.6 Å². The van der Waals surface area contributed by atoms with Gasteiger partial charge in [0.05, 0.1) is 15.8 Å². The van der Waals surface area contributed by atoms with E-state index in [-0.39, 0.29) is 6.54 Å². The molecule has 3 N–H and O–H groups in total. The van der Waals surface area contributed by atoms with Crippen molar-refractivity contribution < 1.29 is 14.1 Å². The Balaban J connectivity index is 2.22. The second-order valence-electron chi connectivity index (χ2n) is 4.00. The molecule has 110 valence electrons. The van der Waals surface area contributed by atoms with Gasteiger partial charge in [-0.3, -0.25) is 14.9 Å². The van der Waals surface area contributed by atoms with Crippen LogP contribution >= 0.6 is 22.9 Å². The van der Waals surface area contributed by atoms with Crippen molar-refractivity contribution in [1.29, 1.82) is 0 Å². The molecule has 0 aliphatic rings. The van der Waals surface area contributed by atoms with E-state index >= 15 is 0 Å². The van der Waals surface area contributed by atoms with E-state index in [1.54, 1.807) is 12.1 Å². The fourth-order valence-corrected chi connectivity index (χ4v) is 2.70. The van der Waals surface area contributed by atoms with Crippen LogP contribution in [0.1, 0.15) is 15.2 Å². The van der Waals surface area contributed by atoms with E-state index in [1.807, 2.05) is 0 Å². The Morgan fingerprint density at radius 1 is 1.43 bits per heavy atom. The maximum Gasteiger partial charge on any atom is 0.293 e. The summed E-state index contributed by atoms with van der Waals surface area (Å²) < 4.78 is 14.2. The van der Waals surface area contributed by atoms with Crippen LogP contribution in [-0.4, -0.2) is 10.8 Å². The topological polar surface area (TPSA) is 98.3 Å². The summed E-state index contributed by atoms with van der Waals surface area (Å²) in [4.78, 5) is 22.7. The molecular weight excluding hydrogens is 321 g/mol. The second-order valence-corrected chi connectivity index (χ2v) is 5.80. The van der Waals surface area contributed by atoms with E-state index in [0.29, 0.717) is 4.34 Å². The highest BCUT2D eigenvalue weighted by molar-refractivity contribution is 7.16. The Kier molecular flexibility index (Phi) is 4.39. The van der Waals surface area contributed by atoms with Gasteiger partial charge in [-0.25, -0.2) is 4.39 Å². The Bertz CT molecular complexity index is 720. The van der Waals surface area contributed by atoms with Crippen LogP contribution in [0.3, 0.4) is 0 Å². The van der Waals surface area contributed by atoms with Gasteiger partial charge in [-0.05, 0) is 18.2 Å². The lowest BCUT2D eigenvalue weighted by atomic mass is 10.1. The first-order valence-electron chi connectivity index (χ1n) is 5.65. The summed E-state index contributed by atoms with van der Waals surface area (Å²) in [6.07, 6.45) is 0. The number of nitrogens with one attached hydrogen (secondary N) is 1. The van der Waals surface area contributed by atoms with Crippen molar-refractivity contribution in [1.82, 2.24) is 5.32 Å². The molecule has 0 fully saturated rings. The molecule has 21 heavy (non-hydrogen) atoms. The fourth-order valence-electron chi connectivity index (χ4n) is 1.67. The van der Waals surface area contributed by atoms with Gasteiger partial charge in [0.1, 0.15) is 17.1 Å². The average Bonchev–Trinajstić information content (AvgIpc) is 2.82. The number of nitrogen functional groups attached to an aromatic ring is 1. The number of carbonyl (C=O) groups is 1. The Hall–Kier alpha value is -2.19. The molecule has 0 bridgehead atoms. The smallest absolute Gasteiger partial charge is 0.293 e. The number of benzene rings is 1. The molecule has 1 heterocycles. The van der Waals surface area contributed by atoms with E-state index in [0.717, 1.165) is 17.0 Å². The largest absolute Gasteiger partial charge is 0.392 e. The van der Waals surface area contributed by atoms with Gasteiger partial charge in [-0.15, -0.1) is 11.3 Å². The molecule has 1 aromatic heterocycles. The number of nitro groups is 1. The molecule has 1 aromatic carbocycles. The van der Waals surface area contributed by atoms with E-state index in [1.165, 1.54) is 11.3 Å². The monoisotopic (exact) mass is 329 g/mol. The van der Waals surface area contributed by atoms with Gasteiger partial charge in [-0.2, -0.15) is 0 Å². The van der Waals surface area contributed by atoms with Crippen molar-refractivity contribution in [2.45, 2.75) is 6.54 Å². The summed E-state index contributed by atoms with van der Waals surface area (Å²) in [6, 6.07) is 5.13. The maximum absolute atomic E-state index is 13.7. The lowest BCUT2D eigenvalue weighted by Gasteiger charge is -2.08. The molecule has 0 spiro atoms. The molecule has 0 unspecified atom stereocenters. The molecule has 9 heteroatoms. The predicted octanol–water partition coefficient (Wildman–Crippen LogP) is 2.96. The summed E-state index contributed by atoms with van der Waals surface area (Å²) in [5, 5.41) is 13.2. The number of hydrogen-bond donors (Lipinski definition) is 2. The van der Waals surface area contributed by atoms with Gasteiger partial charge in [0.2, 0.25) is 0 Å². The first-order valence-corrected chi connectivity index (χ1v) is 6.84. The van der Waals surface area contributed by atoms with Crippen molar-refractivity contribution in [3.63, 3.8) is 0 Å². The van der Waals surface area contributed by atoms with Crippen molar-refractivity contribution in [3.8, 4) is 0 Å². The highest BCUT2D eigenvalue weighted by atomic mass is 35.5. The molecule has 0 saturated carbocycles. The molecule has 0 aliphatic heterocycles. The van der Waals surface area contributed by atoms with Crippen LogP contribution in [0.5, 0.6) is 0 Å². The zero-order valence-electron chi connectivity index (χ0n) is 10.4. The van der Waals surface area contributed by atoms with Gasteiger partial charge in [0, 0.05) is 10.9 Å². The highest BCUT2D eigenvalue weighted by Crippen LogP contribution is 2.27. The van der Waals surface area contributed by atoms with Gasteiger partial charge < -0.3 is 11.1 Å². The number of nitrogens with zero attached hydrogens (tertiary/aromatic N) is 1. The van der Waals surface area contributed by atoms with Crippen LogP contribution in [0.25, 0.3) is 0 Å². The number of amides is 1. The van der Waals surface area contributed by atoms with Gasteiger partial charge >= 0.3 is 0 Å². The Labute approximate surface area is 127 Å². The van der Waals surface area contributed by atoms with Crippen LogP contribution in [0.2, 0.25) is 4.34 Å². The zero-order valence-corrected chi connectivity index (χ0v) is 12.0. The van der Waals surface area contributed by atoms with Crippen molar-refractivity contribution in [2.75, 3.05) is 5.73 Å². The number of nitrogens with two attached hydrogens (primary N) is 1.